The van der Waals surface area contributed by atoms with Crippen LogP contribution in [0.4, 0.5) is 10.1 Å². The van der Waals surface area contributed by atoms with Crippen molar-refractivity contribution in [3.63, 3.8) is 0 Å². The van der Waals surface area contributed by atoms with Gasteiger partial charge in [0.05, 0.1) is 17.2 Å². The first-order valence-electron chi connectivity index (χ1n) is 10.6. The van der Waals surface area contributed by atoms with E-state index in [0.29, 0.717) is 23.0 Å². The Morgan fingerprint density at radius 1 is 1.10 bits per heavy atom. The Morgan fingerprint density at radius 2 is 1.81 bits per heavy atom. The molecule has 7 heteroatoms. The molecule has 6 nitrogen and oxygen atoms in total. The van der Waals surface area contributed by atoms with Crippen molar-refractivity contribution >= 4 is 22.4 Å². The molecule has 0 aliphatic carbocycles. The molecule has 3 aromatic rings. The summed E-state index contributed by atoms with van der Waals surface area (Å²) in [6, 6.07) is 11.5. The Labute approximate surface area is 180 Å². The number of halogens is 1. The molecule has 0 radical (unpaired) electrons. The summed E-state index contributed by atoms with van der Waals surface area (Å²) in [4.78, 5) is 34.2. The first kappa shape index (κ1) is 21.2. The number of likely N-dealkylation sites (tertiary alicyclic amines) is 1. The van der Waals surface area contributed by atoms with Gasteiger partial charge in [-0.15, -0.1) is 0 Å². The van der Waals surface area contributed by atoms with Crippen LogP contribution in [-0.4, -0.2) is 54.0 Å². The lowest BCUT2D eigenvalue weighted by Gasteiger charge is -2.31. The average Bonchev–Trinajstić information content (AvgIpc) is 2.79. The number of anilines is 1. The number of piperidine rings is 1. The predicted molar refractivity (Wildman–Crippen MR) is 120 cm³/mol. The fourth-order valence-corrected chi connectivity index (χ4v) is 4.10. The molecular formula is C24H27FN4O2. The molecule has 0 spiro atoms. The molecule has 0 N–H and O–H groups in total. The maximum atomic E-state index is 13.1. The highest BCUT2D eigenvalue weighted by atomic mass is 19.1. The molecule has 0 amide bonds. The van der Waals surface area contributed by atoms with Crippen molar-refractivity contribution in [2.75, 3.05) is 38.6 Å². The summed E-state index contributed by atoms with van der Waals surface area (Å²) in [6.45, 7) is 2.90. The molecular weight excluding hydrogens is 395 g/mol. The SMILES string of the molecule is CN(C)c1ccc2ncn(CCN3CCC(C(=O)c4ccc(F)cc4)CC3)c(=O)c2c1. The van der Waals surface area contributed by atoms with Crippen LogP contribution < -0.4 is 10.5 Å². The van der Waals surface area contributed by atoms with Crippen molar-refractivity contribution in [3.05, 3.63) is 70.5 Å². The monoisotopic (exact) mass is 422 g/mol. The van der Waals surface area contributed by atoms with Gasteiger partial charge >= 0.3 is 0 Å². The third kappa shape index (κ3) is 4.66. The molecule has 1 aliphatic rings. The van der Waals surface area contributed by atoms with E-state index >= 15 is 0 Å². The molecule has 0 bridgehead atoms. The fraction of sp³-hybridized carbons (Fsp3) is 0.375. The Morgan fingerprint density at radius 3 is 2.48 bits per heavy atom. The van der Waals surface area contributed by atoms with Gasteiger partial charge in [-0.3, -0.25) is 14.2 Å². The largest absolute Gasteiger partial charge is 0.378 e. The highest BCUT2D eigenvalue weighted by Crippen LogP contribution is 2.22. The van der Waals surface area contributed by atoms with Crippen molar-refractivity contribution in [2.45, 2.75) is 19.4 Å². The maximum absolute atomic E-state index is 13.1. The Balaban J connectivity index is 1.37. The van der Waals surface area contributed by atoms with Crippen molar-refractivity contribution in [1.82, 2.24) is 14.5 Å². The first-order valence-corrected chi connectivity index (χ1v) is 10.6. The number of fused-ring (bicyclic) bond motifs is 1. The van der Waals surface area contributed by atoms with E-state index in [1.807, 2.05) is 37.2 Å². The van der Waals surface area contributed by atoms with Crippen molar-refractivity contribution in [2.24, 2.45) is 5.92 Å². The normalized spacial score (nSPS) is 15.3. The highest BCUT2D eigenvalue weighted by Gasteiger charge is 2.25. The van der Waals surface area contributed by atoms with E-state index in [4.69, 9.17) is 0 Å². The van der Waals surface area contributed by atoms with Crippen LogP contribution in [0.25, 0.3) is 10.9 Å². The van der Waals surface area contributed by atoms with Crippen LogP contribution in [0.1, 0.15) is 23.2 Å². The van der Waals surface area contributed by atoms with Gasteiger partial charge in [-0.2, -0.15) is 0 Å². The molecule has 2 heterocycles. The quantitative estimate of drug-likeness (QED) is 0.571. The zero-order valence-electron chi connectivity index (χ0n) is 17.9. The van der Waals surface area contributed by atoms with Crippen molar-refractivity contribution in [1.29, 1.82) is 0 Å². The number of aromatic nitrogens is 2. The van der Waals surface area contributed by atoms with Crippen LogP contribution in [-0.2, 0) is 6.54 Å². The molecule has 4 rings (SSSR count). The minimum Gasteiger partial charge on any atom is -0.378 e. The van der Waals surface area contributed by atoms with E-state index in [1.54, 1.807) is 23.0 Å². The van der Waals surface area contributed by atoms with E-state index in [1.165, 1.54) is 12.1 Å². The minimum absolute atomic E-state index is 0.0313. The molecule has 0 atom stereocenters. The number of hydrogen-bond donors (Lipinski definition) is 0. The van der Waals surface area contributed by atoms with Gasteiger partial charge in [0.1, 0.15) is 5.82 Å². The van der Waals surface area contributed by atoms with Gasteiger partial charge in [0.2, 0.25) is 0 Å². The van der Waals surface area contributed by atoms with Gasteiger partial charge in [0, 0.05) is 44.4 Å². The lowest BCUT2D eigenvalue weighted by molar-refractivity contribution is 0.0837. The lowest BCUT2D eigenvalue weighted by Crippen LogP contribution is -2.39. The van der Waals surface area contributed by atoms with Crippen LogP contribution in [0.3, 0.4) is 0 Å². The zero-order chi connectivity index (χ0) is 22.0. The zero-order valence-corrected chi connectivity index (χ0v) is 17.9. The van der Waals surface area contributed by atoms with E-state index < -0.39 is 0 Å². The van der Waals surface area contributed by atoms with Crippen LogP contribution in [0, 0.1) is 11.7 Å². The van der Waals surface area contributed by atoms with Crippen LogP contribution >= 0.6 is 0 Å². The number of nitrogens with zero attached hydrogens (tertiary/aromatic N) is 4. The number of hydrogen-bond acceptors (Lipinski definition) is 5. The minimum atomic E-state index is -0.331. The van der Waals surface area contributed by atoms with E-state index in [-0.39, 0.29) is 23.1 Å². The first-order chi connectivity index (χ1) is 14.9. The summed E-state index contributed by atoms with van der Waals surface area (Å²) in [5.41, 5.74) is 2.21. The predicted octanol–water partition coefficient (Wildman–Crippen LogP) is 3.20. The number of carbonyl (C=O) groups excluding carboxylic acids is 1. The smallest absolute Gasteiger partial charge is 0.261 e. The summed E-state index contributed by atoms with van der Waals surface area (Å²) in [7, 11) is 3.89. The summed E-state index contributed by atoms with van der Waals surface area (Å²) in [5, 5.41) is 0.623. The van der Waals surface area contributed by atoms with Gasteiger partial charge in [-0.1, -0.05) is 0 Å². The maximum Gasteiger partial charge on any atom is 0.261 e. The second kappa shape index (κ2) is 8.98. The third-order valence-electron chi connectivity index (χ3n) is 6.07. The number of carbonyl (C=O) groups is 1. The van der Waals surface area contributed by atoms with Gasteiger partial charge in [-0.05, 0) is 68.4 Å². The number of Topliss-reactive ketones (excluding diaryl/α,β-unsaturated/α-hetero) is 1. The van der Waals surface area contributed by atoms with E-state index in [0.717, 1.165) is 38.2 Å². The fourth-order valence-electron chi connectivity index (χ4n) is 4.10. The van der Waals surface area contributed by atoms with Gasteiger partial charge in [-0.25, -0.2) is 9.37 Å². The lowest BCUT2D eigenvalue weighted by atomic mass is 9.89. The molecule has 0 unspecified atom stereocenters. The summed E-state index contributed by atoms with van der Waals surface area (Å²) >= 11 is 0. The standard InChI is InChI=1S/C24H27FN4O2/c1-27(2)20-7-8-22-21(15-20)24(31)29(16-26-22)14-13-28-11-9-18(10-12-28)23(30)17-3-5-19(25)6-4-17/h3-8,15-16,18H,9-14H2,1-2H3. The molecule has 1 saturated heterocycles. The summed E-state index contributed by atoms with van der Waals surface area (Å²) < 4.78 is 14.8. The molecule has 162 valence electrons. The van der Waals surface area contributed by atoms with Crippen LogP contribution in [0.5, 0.6) is 0 Å². The van der Waals surface area contributed by atoms with E-state index in [2.05, 4.69) is 9.88 Å². The number of rotatable bonds is 6. The molecule has 1 aliphatic heterocycles. The number of ketones is 1. The van der Waals surface area contributed by atoms with E-state index in [9.17, 15) is 14.0 Å². The molecule has 1 aromatic heterocycles. The van der Waals surface area contributed by atoms with Crippen molar-refractivity contribution < 1.29 is 9.18 Å². The third-order valence-corrected chi connectivity index (χ3v) is 6.07. The average molecular weight is 423 g/mol. The van der Waals surface area contributed by atoms with Crippen molar-refractivity contribution in [3.8, 4) is 0 Å². The molecule has 1 fully saturated rings. The number of benzene rings is 2. The topological polar surface area (TPSA) is 58.4 Å². The van der Waals surface area contributed by atoms with Gasteiger partial charge in [0.15, 0.2) is 5.78 Å². The Kier molecular flexibility index (Phi) is 6.13. The Bertz CT molecular complexity index is 1130. The van der Waals surface area contributed by atoms with Crippen LogP contribution in [0.2, 0.25) is 0 Å². The molecule has 0 saturated carbocycles. The second-order valence-electron chi connectivity index (χ2n) is 8.33. The molecule has 2 aromatic carbocycles. The second-order valence-corrected chi connectivity index (χ2v) is 8.33. The van der Waals surface area contributed by atoms with Gasteiger partial charge < -0.3 is 9.80 Å². The van der Waals surface area contributed by atoms with Gasteiger partial charge in [0.25, 0.3) is 5.56 Å². The summed E-state index contributed by atoms with van der Waals surface area (Å²) in [6.07, 6.45) is 3.16. The highest BCUT2D eigenvalue weighted by molar-refractivity contribution is 5.97. The molecule has 31 heavy (non-hydrogen) atoms. The Hall–Kier alpha value is -3.06. The summed E-state index contributed by atoms with van der Waals surface area (Å²) in [5.74, 6) is -0.273. The van der Waals surface area contributed by atoms with Crippen LogP contribution in [0.15, 0.2) is 53.6 Å².